The van der Waals surface area contributed by atoms with Crippen molar-refractivity contribution in [3.63, 3.8) is 0 Å². The van der Waals surface area contributed by atoms with Gasteiger partial charge in [-0.3, -0.25) is 4.98 Å². The summed E-state index contributed by atoms with van der Waals surface area (Å²) in [5.74, 6) is 1.22. The number of hydrogen-bond acceptors (Lipinski definition) is 4. The third-order valence-corrected chi connectivity index (χ3v) is 9.77. The Hall–Kier alpha value is -7.14. The first kappa shape index (κ1) is 35.6. The second-order valence-electron chi connectivity index (χ2n) is 13.4. The Labute approximate surface area is 321 Å². The van der Waals surface area contributed by atoms with E-state index in [-0.39, 0.29) is 17.2 Å². The average Bonchev–Trinajstić information content (AvgIpc) is 3.57. The van der Waals surface area contributed by atoms with Gasteiger partial charge in [0.15, 0.2) is 17.5 Å². The van der Waals surface area contributed by atoms with Gasteiger partial charge in [-0.1, -0.05) is 103 Å². The average molecular weight is 764 g/mol. The molecule has 0 spiro atoms. The molecule has 0 saturated heterocycles. The summed E-state index contributed by atoms with van der Waals surface area (Å²) in [7, 11) is 0. The number of hydrogen-bond donors (Lipinski definition) is 0. The minimum absolute atomic E-state index is 0.136. The molecule has 0 aliphatic rings. The van der Waals surface area contributed by atoms with Crippen LogP contribution < -0.4 is 0 Å². The maximum atomic E-state index is 14.0. The van der Waals surface area contributed by atoms with Crippen LogP contribution in [0, 0.1) is 0 Å². The lowest BCUT2D eigenvalue weighted by atomic mass is 9.98. The number of pyridine rings is 1. The molecule has 0 radical (unpaired) electrons. The van der Waals surface area contributed by atoms with Gasteiger partial charge in [0, 0.05) is 45.4 Å². The molecule has 0 atom stereocenters. The van der Waals surface area contributed by atoms with Crippen LogP contribution in [-0.2, 0) is 12.4 Å². The van der Waals surface area contributed by atoms with Crippen molar-refractivity contribution >= 4 is 21.8 Å². The highest BCUT2D eigenvalue weighted by Crippen LogP contribution is 2.42. The number of halogens is 6. The predicted molar refractivity (Wildman–Crippen MR) is 209 cm³/mol. The lowest BCUT2D eigenvalue weighted by molar-refractivity contribution is -0.143. The number of benzene rings is 6. The van der Waals surface area contributed by atoms with E-state index in [0.717, 1.165) is 50.7 Å². The third-order valence-electron chi connectivity index (χ3n) is 9.77. The molecule has 0 aliphatic carbocycles. The van der Waals surface area contributed by atoms with E-state index in [1.165, 1.54) is 0 Å². The van der Waals surface area contributed by atoms with Crippen LogP contribution in [0.1, 0.15) is 11.1 Å². The fraction of sp³-hybridized carbons (Fsp3) is 0.0435. The zero-order chi connectivity index (χ0) is 39.3. The molecule has 0 saturated carbocycles. The molecule has 3 heterocycles. The molecule has 11 heteroatoms. The first-order valence-corrected chi connectivity index (χ1v) is 17.8. The van der Waals surface area contributed by atoms with Crippen molar-refractivity contribution < 1.29 is 26.3 Å². The van der Waals surface area contributed by atoms with Crippen LogP contribution >= 0.6 is 0 Å². The number of aromatic nitrogens is 5. The van der Waals surface area contributed by atoms with Crippen LogP contribution in [-0.4, -0.2) is 24.5 Å². The first-order valence-electron chi connectivity index (χ1n) is 17.8. The predicted octanol–water partition coefficient (Wildman–Crippen LogP) is 12.7. The summed E-state index contributed by atoms with van der Waals surface area (Å²) in [6.45, 7) is 0. The maximum absolute atomic E-state index is 14.0. The Balaban J connectivity index is 1.34. The highest BCUT2D eigenvalue weighted by Gasteiger charge is 2.37. The van der Waals surface area contributed by atoms with Gasteiger partial charge >= 0.3 is 12.4 Å². The largest absolute Gasteiger partial charge is 0.416 e. The van der Waals surface area contributed by atoms with E-state index >= 15 is 0 Å². The van der Waals surface area contributed by atoms with Crippen molar-refractivity contribution in [2.45, 2.75) is 12.4 Å². The summed E-state index contributed by atoms with van der Waals surface area (Å²) in [4.78, 5) is 19.2. The van der Waals surface area contributed by atoms with E-state index in [1.807, 2.05) is 120 Å². The standard InChI is InChI=1S/C46H27F6N5/c47-45(48,49)34-22-33(23-35(26-34)46(50,51)52)31-17-19-37-36-15-7-8-16-39(36)57(41(37)25-31)40-20-18-30(32-14-9-21-53-27-32)24-38(40)44-55-42(28-10-3-1-4-11-28)54-43(56-44)29-12-5-2-6-13-29/h1-27H. The third kappa shape index (κ3) is 6.77. The Kier molecular flexibility index (Phi) is 8.65. The molecule has 9 aromatic rings. The van der Waals surface area contributed by atoms with Crippen LogP contribution in [0.15, 0.2) is 164 Å². The molecule has 278 valence electrons. The van der Waals surface area contributed by atoms with Crippen LogP contribution in [0.5, 0.6) is 0 Å². The van der Waals surface area contributed by atoms with Crippen molar-refractivity contribution in [2.75, 3.05) is 0 Å². The van der Waals surface area contributed by atoms with Gasteiger partial charge < -0.3 is 4.57 Å². The minimum atomic E-state index is -5.00. The Morgan fingerprint density at radius 2 is 0.947 bits per heavy atom. The summed E-state index contributed by atoms with van der Waals surface area (Å²) >= 11 is 0. The van der Waals surface area contributed by atoms with Gasteiger partial charge in [-0.2, -0.15) is 26.3 Å². The zero-order valence-electron chi connectivity index (χ0n) is 29.6. The van der Waals surface area contributed by atoms with Crippen LogP contribution in [0.2, 0.25) is 0 Å². The Morgan fingerprint density at radius 1 is 0.404 bits per heavy atom. The summed E-state index contributed by atoms with van der Waals surface area (Å²) < 4.78 is 85.8. The Morgan fingerprint density at radius 3 is 1.56 bits per heavy atom. The fourth-order valence-corrected chi connectivity index (χ4v) is 7.08. The number of alkyl halides is 6. The van der Waals surface area contributed by atoms with Gasteiger partial charge in [-0.25, -0.2) is 15.0 Å². The molecular weight excluding hydrogens is 737 g/mol. The second kappa shape index (κ2) is 13.9. The van der Waals surface area contributed by atoms with Crippen molar-refractivity contribution in [3.8, 4) is 62.1 Å². The SMILES string of the molecule is FC(F)(F)c1cc(-c2ccc3c4ccccc4n(-c4ccc(-c5cccnc5)cc4-c4nc(-c5ccccc5)nc(-c5ccccc5)n4)c3c2)cc(C(F)(F)F)c1. The maximum Gasteiger partial charge on any atom is 0.416 e. The van der Waals surface area contributed by atoms with Gasteiger partial charge in [0.25, 0.3) is 0 Å². The quantitative estimate of drug-likeness (QED) is 0.158. The molecule has 0 unspecified atom stereocenters. The van der Waals surface area contributed by atoms with E-state index in [4.69, 9.17) is 15.0 Å². The van der Waals surface area contributed by atoms with Crippen molar-refractivity contribution in [1.82, 2.24) is 24.5 Å². The van der Waals surface area contributed by atoms with Crippen molar-refractivity contribution in [2.24, 2.45) is 0 Å². The van der Waals surface area contributed by atoms with E-state index in [9.17, 15) is 26.3 Å². The Bertz CT molecular complexity index is 2830. The lowest BCUT2D eigenvalue weighted by Gasteiger charge is -2.17. The summed E-state index contributed by atoms with van der Waals surface area (Å²) in [6.07, 6.45) is -6.57. The molecule has 0 bridgehead atoms. The monoisotopic (exact) mass is 763 g/mol. The molecule has 5 nitrogen and oxygen atoms in total. The molecule has 3 aromatic heterocycles. The topological polar surface area (TPSA) is 56.5 Å². The van der Waals surface area contributed by atoms with E-state index in [1.54, 1.807) is 30.6 Å². The summed E-state index contributed by atoms with van der Waals surface area (Å²) in [5.41, 5.74) is 2.88. The van der Waals surface area contributed by atoms with E-state index in [2.05, 4.69) is 4.98 Å². The highest BCUT2D eigenvalue weighted by molar-refractivity contribution is 6.10. The van der Waals surface area contributed by atoms with E-state index < -0.39 is 23.5 Å². The fourth-order valence-electron chi connectivity index (χ4n) is 7.08. The molecule has 9 rings (SSSR count). The summed E-state index contributed by atoms with van der Waals surface area (Å²) in [6, 6.07) is 42.7. The molecule has 0 fully saturated rings. The smallest absolute Gasteiger partial charge is 0.308 e. The molecule has 57 heavy (non-hydrogen) atoms. The second-order valence-corrected chi connectivity index (χ2v) is 13.4. The van der Waals surface area contributed by atoms with E-state index in [0.29, 0.717) is 34.2 Å². The van der Waals surface area contributed by atoms with Gasteiger partial charge in [0.2, 0.25) is 0 Å². The normalized spacial score (nSPS) is 12.0. The van der Waals surface area contributed by atoms with Crippen LogP contribution in [0.4, 0.5) is 26.3 Å². The number of fused-ring (bicyclic) bond motifs is 3. The number of nitrogens with zero attached hydrogens (tertiary/aromatic N) is 5. The highest BCUT2D eigenvalue weighted by atomic mass is 19.4. The summed E-state index contributed by atoms with van der Waals surface area (Å²) in [5, 5.41) is 1.57. The van der Waals surface area contributed by atoms with Gasteiger partial charge in [0.05, 0.1) is 27.8 Å². The van der Waals surface area contributed by atoms with Gasteiger partial charge in [-0.05, 0) is 65.2 Å². The molecule has 0 N–H and O–H groups in total. The molecule has 0 aliphatic heterocycles. The van der Waals surface area contributed by atoms with Crippen molar-refractivity contribution in [1.29, 1.82) is 0 Å². The minimum Gasteiger partial charge on any atom is -0.308 e. The lowest BCUT2D eigenvalue weighted by Crippen LogP contribution is -2.11. The van der Waals surface area contributed by atoms with Gasteiger partial charge in [-0.15, -0.1) is 0 Å². The molecule has 6 aromatic carbocycles. The number of para-hydroxylation sites is 1. The van der Waals surface area contributed by atoms with Crippen LogP contribution in [0.3, 0.4) is 0 Å². The number of rotatable bonds is 6. The zero-order valence-corrected chi connectivity index (χ0v) is 29.6. The van der Waals surface area contributed by atoms with Crippen molar-refractivity contribution in [3.05, 3.63) is 175 Å². The van der Waals surface area contributed by atoms with Crippen LogP contribution in [0.25, 0.3) is 83.9 Å². The molecule has 0 amide bonds. The van der Waals surface area contributed by atoms with Gasteiger partial charge in [0.1, 0.15) is 0 Å². The molecular formula is C46H27F6N5. The first-order chi connectivity index (χ1) is 27.5.